The van der Waals surface area contributed by atoms with Gasteiger partial charge in [-0.1, -0.05) is 50.2 Å². The van der Waals surface area contributed by atoms with Crippen molar-refractivity contribution in [2.24, 2.45) is 11.1 Å². The van der Waals surface area contributed by atoms with E-state index in [1.165, 1.54) is 0 Å². The number of ether oxygens (including phenoxy) is 1. The molecule has 1 atom stereocenters. The van der Waals surface area contributed by atoms with Crippen molar-refractivity contribution >= 4 is 0 Å². The first-order valence-corrected chi connectivity index (χ1v) is 7.30. The Morgan fingerprint density at radius 2 is 1.82 bits per heavy atom. The van der Waals surface area contributed by atoms with E-state index in [4.69, 9.17) is 10.5 Å². The van der Waals surface area contributed by atoms with Crippen LogP contribution in [-0.4, -0.2) is 16.8 Å². The number of benzene rings is 2. The largest absolute Gasteiger partial charge is 0.507 e. The molecule has 0 aromatic heterocycles. The van der Waals surface area contributed by atoms with Crippen molar-refractivity contribution in [1.82, 2.24) is 0 Å². The molecule has 0 saturated heterocycles. The zero-order valence-electron chi connectivity index (χ0n) is 13.0. The standard InChI is InChI=1S/C18H23NO3/c1-18(2,12-20)17(19)15-9-8-14(10-16(15)21)22-11-13-6-4-3-5-7-13/h3-10,17,20-21H,11-12,19H2,1-2H3/t17-/m0/s1. The van der Waals surface area contributed by atoms with Crippen molar-refractivity contribution in [2.45, 2.75) is 26.5 Å². The lowest BCUT2D eigenvalue weighted by Gasteiger charge is -2.30. The average molecular weight is 301 g/mol. The number of aromatic hydroxyl groups is 1. The van der Waals surface area contributed by atoms with E-state index in [9.17, 15) is 10.2 Å². The number of rotatable bonds is 6. The molecular weight excluding hydrogens is 278 g/mol. The number of aliphatic hydroxyl groups excluding tert-OH is 1. The molecule has 4 heteroatoms. The van der Waals surface area contributed by atoms with Crippen LogP contribution in [0.3, 0.4) is 0 Å². The number of hydrogen-bond donors (Lipinski definition) is 3. The van der Waals surface area contributed by atoms with E-state index < -0.39 is 11.5 Å². The summed E-state index contributed by atoms with van der Waals surface area (Å²) in [5.41, 5.74) is 7.29. The third-order valence-corrected chi connectivity index (χ3v) is 3.83. The highest BCUT2D eigenvalue weighted by Crippen LogP contribution is 2.36. The van der Waals surface area contributed by atoms with Gasteiger partial charge in [-0.2, -0.15) is 0 Å². The molecule has 0 heterocycles. The maximum Gasteiger partial charge on any atom is 0.124 e. The van der Waals surface area contributed by atoms with Crippen LogP contribution in [-0.2, 0) is 6.61 Å². The number of hydrogen-bond acceptors (Lipinski definition) is 4. The van der Waals surface area contributed by atoms with Gasteiger partial charge in [-0.3, -0.25) is 0 Å². The van der Waals surface area contributed by atoms with Crippen LogP contribution < -0.4 is 10.5 Å². The predicted molar refractivity (Wildman–Crippen MR) is 86.7 cm³/mol. The summed E-state index contributed by atoms with van der Waals surface area (Å²) >= 11 is 0. The van der Waals surface area contributed by atoms with Crippen LogP contribution >= 0.6 is 0 Å². The van der Waals surface area contributed by atoms with Crippen molar-refractivity contribution in [1.29, 1.82) is 0 Å². The SMILES string of the molecule is CC(C)(CO)[C@@H](N)c1ccc(OCc2ccccc2)cc1O. The normalized spacial score (nSPS) is 12.9. The monoisotopic (exact) mass is 301 g/mol. The number of aliphatic hydroxyl groups is 1. The summed E-state index contributed by atoms with van der Waals surface area (Å²) < 4.78 is 5.67. The van der Waals surface area contributed by atoms with Gasteiger partial charge >= 0.3 is 0 Å². The molecule has 0 unspecified atom stereocenters. The van der Waals surface area contributed by atoms with E-state index in [0.717, 1.165) is 5.56 Å². The summed E-state index contributed by atoms with van der Waals surface area (Å²) in [5.74, 6) is 0.665. The third kappa shape index (κ3) is 3.78. The van der Waals surface area contributed by atoms with Crippen LogP contribution in [0.4, 0.5) is 0 Å². The molecule has 0 bridgehead atoms. The number of phenols is 1. The van der Waals surface area contributed by atoms with Gasteiger partial charge in [-0.15, -0.1) is 0 Å². The summed E-state index contributed by atoms with van der Waals surface area (Å²) in [5, 5.41) is 19.6. The van der Waals surface area contributed by atoms with Crippen LogP contribution in [0.2, 0.25) is 0 Å². The Labute approximate surface area is 131 Å². The molecule has 118 valence electrons. The average Bonchev–Trinajstić information content (AvgIpc) is 2.53. The molecule has 0 aliphatic carbocycles. The fourth-order valence-electron chi connectivity index (χ4n) is 2.14. The molecule has 0 fully saturated rings. The summed E-state index contributed by atoms with van der Waals surface area (Å²) in [7, 11) is 0. The second-order valence-electron chi connectivity index (χ2n) is 6.12. The molecule has 22 heavy (non-hydrogen) atoms. The molecule has 2 aromatic rings. The zero-order valence-corrected chi connectivity index (χ0v) is 13.0. The highest BCUT2D eigenvalue weighted by Gasteiger charge is 2.28. The predicted octanol–water partition coefficient (Wildman–Crippen LogP) is 2.99. The summed E-state index contributed by atoms with van der Waals surface area (Å²) in [6.45, 7) is 4.10. The maximum absolute atomic E-state index is 10.2. The van der Waals surface area contributed by atoms with Crippen molar-refractivity contribution < 1.29 is 14.9 Å². The third-order valence-electron chi connectivity index (χ3n) is 3.83. The fourth-order valence-corrected chi connectivity index (χ4v) is 2.14. The lowest BCUT2D eigenvalue weighted by atomic mass is 9.81. The summed E-state index contributed by atoms with van der Waals surface area (Å²) in [6.07, 6.45) is 0. The Bertz CT molecular complexity index is 611. The molecule has 0 spiro atoms. The van der Waals surface area contributed by atoms with E-state index in [-0.39, 0.29) is 12.4 Å². The molecule has 4 nitrogen and oxygen atoms in total. The zero-order chi connectivity index (χ0) is 16.2. The van der Waals surface area contributed by atoms with Gasteiger partial charge in [-0.05, 0) is 11.6 Å². The molecule has 0 aliphatic rings. The summed E-state index contributed by atoms with van der Waals surface area (Å²) in [4.78, 5) is 0. The molecule has 0 amide bonds. The van der Waals surface area contributed by atoms with Crippen LogP contribution in [0.1, 0.15) is 31.0 Å². The first kappa shape index (κ1) is 16.3. The van der Waals surface area contributed by atoms with Gasteiger partial charge in [0.1, 0.15) is 18.1 Å². The van der Waals surface area contributed by atoms with E-state index in [2.05, 4.69) is 0 Å². The van der Waals surface area contributed by atoms with Crippen LogP contribution in [0.25, 0.3) is 0 Å². The van der Waals surface area contributed by atoms with E-state index in [1.807, 2.05) is 44.2 Å². The Morgan fingerprint density at radius 3 is 2.41 bits per heavy atom. The van der Waals surface area contributed by atoms with Gasteiger partial charge in [0.2, 0.25) is 0 Å². The van der Waals surface area contributed by atoms with E-state index in [1.54, 1.807) is 18.2 Å². The Hall–Kier alpha value is -2.04. The highest BCUT2D eigenvalue weighted by atomic mass is 16.5. The molecule has 0 aliphatic heterocycles. The second kappa shape index (κ2) is 6.81. The molecule has 2 aromatic carbocycles. The molecular formula is C18H23NO3. The van der Waals surface area contributed by atoms with Gasteiger partial charge in [0.25, 0.3) is 0 Å². The topological polar surface area (TPSA) is 75.7 Å². The van der Waals surface area contributed by atoms with Gasteiger partial charge in [0.05, 0.1) is 0 Å². The van der Waals surface area contributed by atoms with Crippen LogP contribution in [0.15, 0.2) is 48.5 Å². The molecule has 2 rings (SSSR count). The van der Waals surface area contributed by atoms with Gasteiger partial charge in [-0.25, -0.2) is 0 Å². The number of phenolic OH excluding ortho intramolecular Hbond substituents is 1. The molecule has 4 N–H and O–H groups in total. The highest BCUT2D eigenvalue weighted by molar-refractivity contribution is 5.42. The molecule has 0 saturated carbocycles. The Balaban J connectivity index is 2.09. The van der Waals surface area contributed by atoms with E-state index >= 15 is 0 Å². The van der Waals surface area contributed by atoms with Gasteiger partial charge in [0.15, 0.2) is 0 Å². The first-order valence-electron chi connectivity index (χ1n) is 7.30. The lowest BCUT2D eigenvalue weighted by molar-refractivity contribution is 0.131. The van der Waals surface area contributed by atoms with Crippen molar-refractivity contribution in [2.75, 3.05) is 6.61 Å². The minimum Gasteiger partial charge on any atom is -0.507 e. The minimum atomic E-state index is -0.510. The van der Waals surface area contributed by atoms with E-state index in [0.29, 0.717) is 17.9 Å². The molecule has 0 radical (unpaired) electrons. The number of nitrogens with two attached hydrogens (primary N) is 1. The van der Waals surface area contributed by atoms with Crippen LogP contribution in [0.5, 0.6) is 11.5 Å². The first-order chi connectivity index (χ1) is 10.4. The quantitative estimate of drug-likeness (QED) is 0.766. The van der Waals surface area contributed by atoms with Gasteiger partial charge in [0, 0.05) is 29.7 Å². The Kier molecular flexibility index (Phi) is 5.06. The fraction of sp³-hybridized carbons (Fsp3) is 0.333. The lowest BCUT2D eigenvalue weighted by Crippen LogP contribution is -2.32. The second-order valence-corrected chi connectivity index (χ2v) is 6.12. The smallest absolute Gasteiger partial charge is 0.124 e. The van der Waals surface area contributed by atoms with Crippen molar-refractivity contribution in [3.8, 4) is 11.5 Å². The van der Waals surface area contributed by atoms with Crippen LogP contribution in [0, 0.1) is 5.41 Å². The van der Waals surface area contributed by atoms with Crippen molar-refractivity contribution in [3.05, 3.63) is 59.7 Å². The minimum absolute atomic E-state index is 0.0557. The summed E-state index contributed by atoms with van der Waals surface area (Å²) in [6, 6.07) is 14.5. The Morgan fingerprint density at radius 1 is 1.14 bits per heavy atom. The van der Waals surface area contributed by atoms with Crippen molar-refractivity contribution in [3.63, 3.8) is 0 Å². The van der Waals surface area contributed by atoms with Gasteiger partial charge < -0.3 is 20.7 Å². The maximum atomic E-state index is 10.2.